The topological polar surface area (TPSA) is 108 Å². The Hall–Kier alpha value is -3.92. The Balaban J connectivity index is 1.77. The number of amides is 1. The molecule has 10 heteroatoms. The van der Waals surface area contributed by atoms with Gasteiger partial charge < -0.3 is 10.1 Å². The average molecular weight is 464 g/mol. The average Bonchev–Trinajstić information content (AvgIpc) is 2.85. The molecule has 0 radical (unpaired) electrons. The van der Waals surface area contributed by atoms with Crippen molar-refractivity contribution in [2.24, 2.45) is 14.1 Å². The minimum atomic E-state index is -0.514. The molecule has 4 aromatic rings. The molecule has 0 atom stereocenters. The van der Waals surface area contributed by atoms with E-state index in [2.05, 4.69) is 15.3 Å². The van der Waals surface area contributed by atoms with Crippen molar-refractivity contribution in [3.05, 3.63) is 75.4 Å². The van der Waals surface area contributed by atoms with Gasteiger partial charge in [-0.3, -0.25) is 18.7 Å². The van der Waals surface area contributed by atoms with Crippen LogP contribution in [0.4, 0.5) is 5.69 Å². The lowest BCUT2D eigenvalue weighted by molar-refractivity contribution is -0.113. The molecule has 2 aromatic heterocycles. The molecule has 9 nitrogen and oxygen atoms in total. The van der Waals surface area contributed by atoms with Gasteiger partial charge in [0.05, 0.1) is 12.9 Å². The maximum atomic E-state index is 12.9. The molecule has 0 bridgehead atoms. The summed E-state index contributed by atoms with van der Waals surface area (Å²) in [5.41, 5.74) is 0.550. The van der Waals surface area contributed by atoms with Crippen molar-refractivity contribution in [2.75, 3.05) is 18.2 Å². The maximum Gasteiger partial charge on any atom is 0.332 e. The molecule has 1 amide bonds. The van der Waals surface area contributed by atoms with Crippen molar-refractivity contribution in [2.45, 2.75) is 5.03 Å². The first-order valence-corrected chi connectivity index (χ1v) is 11.0. The third kappa shape index (κ3) is 4.51. The molecule has 2 heterocycles. The van der Waals surface area contributed by atoms with Gasteiger partial charge in [0, 0.05) is 25.3 Å². The highest BCUT2D eigenvalue weighted by Gasteiger charge is 2.19. The lowest BCUT2D eigenvalue weighted by Gasteiger charge is -2.12. The first-order chi connectivity index (χ1) is 15.9. The van der Waals surface area contributed by atoms with E-state index in [0.29, 0.717) is 27.9 Å². The van der Waals surface area contributed by atoms with Crippen molar-refractivity contribution in [3.8, 4) is 17.1 Å². The van der Waals surface area contributed by atoms with Crippen molar-refractivity contribution >= 4 is 34.4 Å². The van der Waals surface area contributed by atoms with Crippen LogP contribution < -0.4 is 21.3 Å². The monoisotopic (exact) mass is 463 g/mol. The summed E-state index contributed by atoms with van der Waals surface area (Å²) in [7, 11) is 4.52. The molecule has 168 valence electrons. The Labute approximate surface area is 193 Å². The van der Waals surface area contributed by atoms with E-state index in [1.54, 1.807) is 50.6 Å². The van der Waals surface area contributed by atoms with Crippen molar-refractivity contribution < 1.29 is 9.53 Å². The Morgan fingerprint density at radius 3 is 2.36 bits per heavy atom. The smallest absolute Gasteiger partial charge is 0.332 e. The molecule has 33 heavy (non-hydrogen) atoms. The van der Waals surface area contributed by atoms with Gasteiger partial charge in [-0.1, -0.05) is 30.0 Å². The summed E-state index contributed by atoms with van der Waals surface area (Å²) in [5.74, 6) is 0.785. The number of nitrogens with one attached hydrogen (secondary N) is 1. The van der Waals surface area contributed by atoms with Gasteiger partial charge in [0.2, 0.25) is 5.91 Å². The number of carbonyl (C=O) groups excluding carboxylic acids is 1. The number of thioether (sulfide) groups is 1. The van der Waals surface area contributed by atoms with Crippen LogP contribution in [0.1, 0.15) is 0 Å². The third-order valence-corrected chi connectivity index (χ3v) is 5.99. The van der Waals surface area contributed by atoms with Gasteiger partial charge in [-0.25, -0.2) is 14.8 Å². The van der Waals surface area contributed by atoms with E-state index in [-0.39, 0.29) is 22.7 Å². The number of carbonyl (C=O) groups is 1. The molecule has 0 aliphatic heterocycles. The lowest BCUT2D eigenvalue weighted by Crippen LogP contribution is -2.37. The summed E-state index contributed by atoms with van der Waals surface area (Å²) < 4.78 is 7.51. The predicted molar refractivity (Wildman–Crippen MR) is 128 cm³/mol. The van der Waals surface area contributed by atoms with Crippen LogP contribution in [0.2, 0.25) is 0 Å². The molecule has 0 spiro atoms. The summed E-state index contributed by atoms with van der Waals surface area (Å²) in [6.45, 7) is 0. The second-order valence-electron chi connectivity index (χ2n) is 7.19. The number of aryl methyl sites for hydroxylation is 1. The zero-order chi connectivity index (χ0) is 23.5. The van der Waals surface area contributed by atoms with Crippen LogP contribution in [-0.2, 0) is 18.9 Å². The maximum absolute atomic E-state index is 12.9. The fraction of sp³-hybridized carbons (Fsp3) is 0.174. The molecule has 0 aliphatic rings. The number of ether oxygens (including phenoxy) is 1. The number of aromatic nitrogens is 4. The van der Waals surface area contributed by atoms with E-state index in [0.717, 1.165) is 16.3 Å². The second kappa shape index (κ2) is 9.29. The molecule has 2 aromatic carbocycles. The van der Waals surface area contributed by atoms with Crippen LogP contribution >= 0.6 is 11.8 Å². The number of nitrogens with zero attached hydrogens (tertiary/aromatic N) is 4. The molecular weight excluding hydrogens is 442 g/mol. The molecule has 4 rings (SSSR count). The summed E-state index contributed by atoms with van der Waals surface area (Å²) in [6, 6.07) is 16.2. The molecule has 0 fully saturated rings. The van der Waals surface area contributed by atoms with Crippen LogP contribution in [0.25, 0.3) is 22.4 Å². The Morgan fingerprint density at radius 2 is 1.70 bits per heavy atom. The third-order valence-electron chi connectivity index (χ3n) is 5.01. The Kier molecular flexibility index (Phi) is 6.27. The fourth-order valence-corrected chi connectivity index (χ4v) is 4.07. The van der Waals surface area contributed by atoms with E-state index in [4.69, 9.17) is 4.74 Å². The van der Waals surface area contributed by atoms with Crippen LogP contribution in [0.3, 0.4) is 0 Å². The van der Waals surface area contributed by atoms with Gasteiger partial charge in [-0.05, 0) is 36.4 Å². The first kappa shape index (κ1) is 22.3. The van der Waals surface area contributed by atoms with Gasteiger partial charge in [0.25, 0.3) is 5.56 Å². The normalized spacial score (nSPS) is 10.9. The molecule has 0 aliphatic carbocycles. The first-order valence-electron chi connectivity index (χ1n) is 9.99. The number of rotatable bonds is 6. The summed E-state index contributed by atoms with van der Waals surface area (Å²) in [6.07, 6.45) is 0. The van der Waals surface area contributed by atoms with Gasteiger partial charge >= 0.3 is 5.69 Å². The summed E-state index contributed by atoms with van der Waals surface area (Å²) in [5, 5.41) is 3.32. The number of benzene rings is 2. The van der Waals surface area contributed by atoms with Gasteiger partial charge in [-0.2, -0.15) is 0 Å². The van der Waals surface area contributed by atoms with Gasteiger partial charge in [0.15, 0.2) is 11.5 Å². The van der Waals surface area contributed by atoms with Crippen molar-refractivity contribution in [1.82, 2.24) is 19.1 Å². The number of hydrogen-bond acceptors (Lipinski definition) is 7. The molecule has 1 N–H and O–H groups in total. The van der Waals surface area contributed by atoms with Crippen LogP contribution in [0.15, 0.2) is 69.2 Å². The number of methoxy groups -OCH3 is 1. The SMILES string of the molecule is COc1ccc(-c2nc(SCC(=O)Nc3ccccc3)c3c(=O)n(C)c(=O)n(C)c3n2)cc1. The quantitative estimate of drug-likeness (QED) is 0.346. The zero-order valence-corrected chi connectivity index (χ0v) is 19.0. The van der Waals surface area contributed by atoms with Crippen molar-refractivity contribution in [3.63, 3.8) is 0 Å². The number of anilines is 1. The molecular formula is C23H21N5O4S. The second-order valence-corrected chi connectivity index (χ2v) is 8.15. The molecule has 0 unspecified atom stereocenters. The lowest BCUT2D eigenvalue weighted by atomic mass is 10.2. The van der Waals surface area contributed by atoms with E-state index in [1.165, 1.54) is 11.6 Å². The minimum absolute atomic E-state index is 0.0229. The zero-order valence-electron chi connectivity index (χ0n) is 18.2. The highest BCUT2D eigenvalue weighted by atomic mass is 32.2. The number of hydrogen-bond donors (Lipinski definition) is 1. The standard InChI is InChI=1S/C23H21N5O4S/c1-27-20-18(22(30)28(2)23(27)31)21(33-13-17(29)24-15-7-5-4-6-8-15)26-19(25-20)14-9-11-16(32-3)12-10-14/h4-12H,13H2,1-3H3,(H,24,29). The highest BCUT2D eigenvalue weighted by Crippen LogP contribution is 2.27. The Morgan fingerprint density at radius 1 is 1.00 bits per heavy atom. The predicted octanol–water partition coefficient (Wildman–Crippen LogP) is 2.43. The van der Waals surface area contributed by atoms with Crippen molar-refractivity contribution in [1.29, 1.82) is 0 Å². The van der Waals surface area contributed by atoms with Crippen LogP contribution in [0.5, 0.6) is 5.75 Å². The van der Waals surface area contributed by atoms with E-state index in [1.807, 2.05) is 18.2 Å². The molecule has 0 saturated carbocycles. The fourth-order valence-electron chi connectivity index (χ4n) is 3.26. The number of fused-ring (bicyclic) bond motifs is 1. The van der Waals surface area contributed by atoms with Gasteiger partial charge in [-0.15, -0.1) is 0 Å². The largest absolute Gasteiger partial charge is 0.497 e. The Bertz CT molecular complexity index is 1450. The summed E-state index contributed by atoms with van der Waals surface area (Å²) >= 11 is 1.11. The van der Waals surface area contributed by atoms with E-state index >= 15 is 0 Å². The minimum Gasteiger partial charge on any atom is -0.497 e. The van der Waals surface area contributed by atoms with E-state index < -0.39 is 11.2 Å². The highest BCUT2D eigenvalue weighted by molar-refractivity contribution is 8.00. The van der Waals surface area contributed by atoms with E-state index in [9.17, 15) is 14.4 Å². The number of para-hydroxylation sites is 1. The van der Waals surface area contributed by atoms with Crippen LogP contribution in [0, 0.1) is 0 Å². The summed E-state index contributed by atoms with van der Waals surface area (Å²) in [4.78, 5) is 47.0. The molecule has 0 saturated heterocycles. The van der Waals surface area contributed by atoms with Gasteiger partial charge in [0.1, 0.15) is 16.2 Å². The van der Waals surface area contributed by atoms with Crippen LogP contribution in [-0.4, -0.2) is 37.9 Å².